The number of aromatic nitrogens is 1. The Balaban J connectivity index is 1.68. The highest BCUT2D eigenvalue weighted by molar-refractivity contribution is 7.11. The van der Waals surface area contributed by atoms with E-state index in [2.05, 4.69) is 15.3 Å². The number of benzene rings is 1. The van der Waals surface area contributed by atoms with Crippen molar-refractivity contribution in [2.45, 2.75) is 45.7 Å². The van der Waals surface area contributed by atoms with Crippen molar-refractivity contribution in [1.82, 2.24) is 9.88 Å². The standard InChI is InChI=1S/C20H24FN5OS/c1-10-12(3)28-16(24-10)11(2)23-13-6-7-15(21)14(8-13)20-9-19(20,4)17(27)26(5)18(22)25-20/h6-8,11,23H,9H2,1-5H3,(H2,22,25)/t11?,19?,20-/m1/s1. The Morgan fingerprint density at radius 2 is 2.11 bits per heavy atom. The first kappa shape index (κ1) is 18.9. The Morgan fingerprint density at radius 3 is 2.75 bits per heavy atom. The van der Waals surface area contributed by atoms with Crippen LogP contribution in [0.15, 0.2) is 23.2 Å². The van der Waals surface area contributed by atoms with Gasteiger partial charge in [-0.25, -0.2) is 14.4 Å². The lowest BCUT2D eigenvalue weighted by Gasteiger charge is -2.30. The number of rotatable bonds is 4. The molecule has 1 aromatic carbocycles. The summed E-state index contributed by atoms with van der Waals surface area (Å²) in [6, 6.07) is 4.85. The summed E-state index contributed by atoms with van der Waals surface area (Å²) in [5, 5.41) is 4.37. The van der Waals surface area contributed by atoms with Crippen LogP contribution in [0.25, 0.3) is 0 Å². The first-order chi connectivity index (χ1) is 13.1. The van der Waals surface area contributed by atoms with Gasteiger partial charge < -0.3 is 11.1 Å². The third kappa shape index (κ3) is 2.54. The van der Waals surface area contributed by atoms with Gasteiger partial charge in [0.15, 0.2) is 5.96 Å². The van der Waals surface area contributed by atoms with E-state index in [1.165, 1.54) is 15.8 Å². The van der Waals surface area contributed by atoms with E-state index in [1.54, 1.807) is 30.5 Å². The predicted octanol–water partition coefficient (Wildman–Crippen LogP) is 3.46. The molecule has 0 bridgehead atoms. The molecule has 6 nitrogen and oxygen atoms in total. The lowest BCUT2D eigenvalue weighted by Crippen LogP contribution is -2.48. The average molecular weight is 402 g/mol. The Morgan fingerprint density at radius 1 is 1.39 bits per heavy atom. The predicted molar refractivity (Wildman–Crippen MR) is 109 cm³/mol. The van der Waals surface area contributed by atoms with Crippen LogP contribution < -0.4 is 11.1 Å². The van der Waals surface area contributed by atoms with Gasteiger partial charge in [-0.05, 0) is 52.3 Å². The van der Waals surface area contributed by atoms with Gasteiger partial charge in [0.1, 0.15) is 16.4 Å². The van der Waals surface area contributed by atoms with Crippen LogP contribution >= 0.6 is 11.3 Å². The number of aliphatic imine (C=N–C) groups is 1. The summed E-state index contributed by atoms with van der Waals surface area (Å²) in [7, 11) is 1.60. The molecule has 3 N–H and O–H groups in total. The normalized spacial score (nSPS) is 27.3. The van der Waals surface area contributed by atoms with Gasteiger partial charge in [0.25, 0.3) is 0 Å². The Hall–Kier alpha value is -2.48. The third-order valence-corrected chi connectivity index (χ3v) is 7.29. The molecule has 3 atom stereocenters. The highest BCUT2D eigenvalue weighted by Gasteiger charge is 2.74. The second-order valence-electron chi connectivity index (χ2n) is 7.96. The van der Waals surface area contributed by atoms with E-state index in [9.17, 15) is 9.18 Å². The van der Waals surface area contributed by atoms with E-state index >= 15 is 0 Å². The minimum absolute atomic E-state index is 0.0218. The molecule has 1 aliphatic carbocycles. The van der Waals surface area contributed by atoms with Crippen LogP contribution in [0.4, 0.5) is 10.1 Å². The van der Waals surface area contributed by atoms with E-state index in [0.717, 1.165) is 16.4 Å². The molecule has 8 heteroatoms. The molecule has 2 aliphatic rings. The van der Waals surface area contributed by atoms with Gasteiger partial charge in [-0.15, -0.1) is 11.3 Å². The van der Waals surface area contributed by atoms with Crippen LogP contribution in [0.5, 0.6) is 0 Å². The van der Waals surface area contributed by atoms with Crippen molar-refractivity contribution < 1.29 is 9.18 Å². The van der Waals surface area contributed by atoms with Crippen LogP contribution in [0, 0.1) is 25.1 Å². The topological polar surface area (TPSA) is 83.6 Å². The molecular formula is C20H24FN5OS. The summed E-state index contributed by atoms with van der Waals surface area (Å²) >= 11 is 1.65. The Bertz CT molecular complexity index is 999. The minimum atomic E-state index is -0.931. The van der Waals surface area contributed by atoms with Crippen LogP contribution in [-0.4, -0.2) is 28.8 Å². The van der Waals surface area contributed by atoms with E-state index in [-0.39, 0.29) is 23.7 Å². The number of carbonyl (C=O) groups excluding carboxylic acids is 1. The highest BCUT2D eigenvalue weighted by atomic mass is 32.1. The summed E-state index contributed by atoms with van der Waals surface area (Å²) < 4.78 is 14.8. The molecule has 1 aliphatic heterocycles. The van der Waals surface area contributed by atoms with Crippen molar-refractivity contribution in [2.75, 3.05) is 12.4 Å². The van der Waals surface area contributed by atoms with E-state index in [4.69, 9.17) is 5.73 Å². The summed E-state index contributed by atoms with van der Waals surface area (Å²) in [5.74, 6) is -0.378. The molecule has 0 radical (unpaired) electrons. The molecule has 2 aromatic rings. The number of carbonyl (C=O) groups is 1. The maximum Gasteiger partial charge on any atom is 0.237 e. The third-order valence-electron chi connectivity index (χ3n) is 6.03. The summed E-state index contributed by atoms with van der Waals surface area (Å²) in [4.78, 5) is 24.4. The molecule has 1 aromatic heterocycles. The van der Waals surface area contributed by atoms with Crippen molar-refractivity contribution >= 4 is 28.9 Å². The Kier molecular flexibility index (Phi) is 4.05. The van der Waals surface area contributed by atoms with Gasteiger partial charge in [-0.3, -0.25) is 9.69 Å². The number of nitrogens with zero attached hydrogens (tertiary/aromatic N) is 3. The molecule has 2 unspecified atom stereocenters. The number of fused-ring (bicyclic) bond motifs is 1. The van der Waals surface area contributed by atoms with Gasteiger partial charge in [0.05, 0.1) is 17.2 Å². The van der Waals surface area contributed by atoms with Crippen molar-refractivity contribution in [1.29, 1.82) is 0 Å². The molecular weight excluding hydrogens is 377 g/mol. The number of hydrogen-bond acceptors (Lipinski definition) is 6. The number of amides is 1. The fourth-order valence-electron chi connectivity index (χ4n) is 4.01. The zero-order valence-corrected chi connectivity index (χ0v) is 17.4. The van der Waals surface area contributed by atoms with Gasteiger partial charge in [-0.2, -0.15) is 0 Å². The number of aryl methyl sites for hydroxylation is 2. The second kappa shape index (κ2) is 6.01. The van der Waals surface area contributed by atoms with Crippen LogP contribution in [-0.2, 0) is 10.3 Å². The lowest BCUT2D eigenvalue weighted by molar-refractivity contribution is -0.132. The lowest BCUT2D eigenvalue weighted by atomic mass is 9.92. The maximum absolute atomic E-state index is 14.8. The van der Waals surface area contributed by atoms with E-state index < -0.39 is 11.0 Å². The van der Waals surface area contributed by atoms with Gasteiger partial charge >= 0.3 is 0 Å². The molecule has 1 fully saturated rings. The second-order valence-corrected chi connectivity index (χ2v) is 9.19. The monoisotopic (exact) mass is 401 g/mol. The molecule has 28 heavy (non-hydrogen) atoms. The van der Waals surface area contributed by atoms with Crippen LogP contribution in [0.1, 0.15) is 47.5 Å². The largest absolute Gasteiger partial charge is 0.376 e. The quantitative estimate of drug-likeness (QED) is 0.822. The number of halogens is 1. The van der Waals surface area contributed by atoms with Crippen molar-refractivity contribution in [3.63, 3.8) is 0 Å². The molecule has 1 saturated carbocycles. The number of nitrogens with two attached hydrogens (primary N) is 1. The maximum atomic E-state index is 14.8. The van der Waals surface area contributed by atoms with E-state index in [0.29, 0.717) is 12.0 Å². The van der Waals surface area contributed by atoms with Crippen LogP contribution in [0.2, 0.25) is 0 Å². The summed E-state index contributed by atoms with van der Waals surface area (Å²) in [5.41, 5.74) is 6.44. The zero-order chi connectivity index (χ0) is 20.4. The Labute approximate surface area is 167 Å². The van der Waals surface area contributed by atoms with Gasteiger partial charge in [0.2, 0.25) is 5.91 Å². The number of guanidine groups is 1. The van der Waals surface area contributed by atoms with Crippen molar-refractivity contribution in [3.8, 4) is 0 Å². The van der Waals surface area contributed by atoms with Gasteiger partial charge in [0, 0.05) is 23.2 Å². The molecule has 0 spiro atoms. The summed E-state index contributed by atoms with van der Waals surface area (Å²) in [6.45, 7) is 7.89. The van der Waals surface area contributed by atoms with Crippen molar-refractivity contribution in [2.24, 2.45) is 16.1 Å². The van der Waals surface area contributed by atoms with Gasteiger partial charge in [-0.1, -0.05) is 0 Å². The van der Waals surface area contributed by atoms with E-state index in [1.807, 2.05) is 27.7 Å². The molecule has 148 valence electrons. The minimum Gasteiger partial charge on any atom is -0.376 e. The SMILES string of the molecule is Cc1nc(C(C)Nc2ccc(F)c([C@]34CC3(C)C(=O)N(C)C(N)=N4)c2)sc1C. The number of hydrogen-bond donors (Lipinski definition) is 2. The molecule has 0 saturated heterocycles. The molecule has 4 rings (SSSR count). The fraction of sp³-hybridized carbons (Fsp3) is 0.450. The smallest absolute Gasteiger partial charge is 0.237 e. The van der Waals surface area contributed by atoms with Crippen molar-refractivity contribution in [3.05, 3.63) is 45.2 Å². The first-order valence-electron chi connectivity index (χ1n) is 9.23. The average Bonchev–Trinajstić information content (AvgIpc) is 3.12. The molecule has 2 heterocycles. The zero-order valence-electron chi connectivity index (χ0n) is 16.6. The van der Waals surface area contributed by atoms with Crippen LogP contribution in [0.3, 0.4) is 0 Å². The number of nitrogens with one attached hydrogen (secondary N) is 1. The number of thiazole rings is 1. The first-order valence-corrected chi connectivity index (χ1v) is 10.0. The fourth-order valence-corrected chi connectivity index (χ4v) is 4.93. The molecule has 1 amide bonds. The summed E-state index contributed by atoms with van der Waals surface area (Å²) in [6.07, 6.45) is 0.449. The number of anilines is 1. The highest BCUT2D eigenvalue weighted by Crippen LogP contribution is 2.68.